The van der Waals surface area contributed by atoms with Gasteiger partial charge in [-0.15, -0.1) is 11.3 Å². The molecule has 1 aliphatic heterocycles. The van der Waals surface area contributed by atoms with Crippen LogP contribution in [0.3, 0.4) is 0 Å². The highest BCUT2D eigenvalue weighted by Crippen LogP contribution is 2.47. The van der Waals surface area contributed by atoms with Crippen molar-refractivity contribution in [3.63, 3.8) is 0 Å². The molecular weight excluding hydrogens is 502 g/mol. The third-order valence-electron chi connectivity index (χ3n) is 6.20. The predicted octanol–water partition coefficient (Wildman–Crippen LogP) is 3.57. The van der Waals surface area contributed by atoms with Gasteiger partial charge in [0, 0.05) is 11.1 Å². The Morgan fingerprint density at radius 3 is 2.47 bits per heavy atom. The fourth-order valence-electron chi connectivity index (χ4n) is 3.83. The Labute approximate surface area is 206 Å². The number of hydrogen-bond acceptors (Lipinski definition) is 6. The molecule has 0 aliphatic carbocycles. The lowest BCUT2D eigenvalue weighted by molar-refractivity contribution is -0.265. The van der Waals surface area contributed by atoms with Gasteiger partial charge in [0.2, 0.25) is 11.5 Å². The van der Waals surface area contributed by atoms with E-state index < -0.39 is 47.1 Å². The van der Waals surface area contributed by atoms with E-state index in [0.717, 1.165) is 29.5 Å². The average molecular weight is 524 g/mol. The lowest BCUT2D eigenvalue weighted by atomic mass is 9.81. The number of alkyl halides is 3. The number of pyridine rings is 1. The van der Waals surface area contributed by atoms with Crippen LogP contribution >= 0.6 is 11.3 Å². The Morgan fingerprint density at radius 1 is 1.25 bits per heavy atom. The molecule has 4 rings (SSSR count). The summed E-state index contributed by atoms with van der Waals surface area (Å²) in [6, 6.07) is 7.26. The van der Waals surface area contributed by atoms with Gasteiger partial charge in [0.1, 0.15) is 29.3 Å². The van der Waals surface area contributed by atoms with E-state index in [-0.39, 0.29) is 34.1 Å². The van der Waals surface area contributed by atoms with Crippen LogP contribution in [0.1, 0.15) is 33.4 Å². The van der Waals surface area contributed by atoms with Crippen LogP contribution < -0.4 is 15.8 Å². The maximum Gasteiger partial charge on any atom is 0.424 e. The number of carbonyl (C=O) groups excluding carboxylic acids is 2. The van der Waals surface area contributed by atoms with E-state index in [1.807, 2.05) is 0 Å². The van der Waals surface area contributed by atoms with Crippen LogP contribution in [0.15, 0.2) is 41.8 Å². The first-order valence-corrected chi connectivity index (χ1v) is 11.5. The number of benzene rings is 1. The first-order chi connectivity index (χ1) is 16.8. The number of fused-ring (bicyclic) bond motifs is 1. The second-order valence-corrected chi connectivity index (χ2v) is 9.61. The number of primary amides is 1. The summed E-state index contributed by atoms with van der Waals surface area (Å²) in [5, 5.41) is 14.7. The monoisotopic (exact) mass is 523 g/mol. The van der Waals surface area contributed by atoms with Gasteiger partial charge in [-0.05, 0) is 61.2 Å². The van der Waals surface area contributed by atoms with Gasteiger partial charge >= 0.3 is 6.18 Å². The zero-order chi connectivity index (χ0) is 26.5. The molecule has 2 aromatic heterocycles. The summed E-state index contributed by atoms with van der Waals surface area (Å²) in [5.41, 5.74) is 0.0929. The molecule has 0 spiro atoms. The summed E-state index contributed by atoms with van der Waals surface area (Å²) < 4.78 is 62.1. The zero-order valence-corrected chi connectivity index (χ0v) is 19.9. The molecule has 0 radical (unpaired) electrons. The Balaban J connectivity index is 1.87. The van der Waals surface area contributed by atoms with Crippen molar-refractivity contribution in [3.8, 4) is 17.0 Å². The third kappa shape index (κ3) is 4.20. The molecule has 0 saturated carbocycles. The van der Waals surface area contributed by atoms with Crippen molar-refractivity contribution in [1.82, 2.24) is 10.3 Å². The Morgan fingerprint density at radius 2 is 1.92 bits per heavy atom. The molecule has 1 aromatic carbocycles. The number of nitrogens with two attached hydrogens (primary N) is 1. The first-order valence-electron chi connectivity index (χ1n) is 10.6. The SMILES string of the molecule is Cc1ccsc1C(=O)NCC(O)(c1cc2c(c(-c3ccc(F)cc3)n1)OC[C@]2(C)C(N)=O)C(F)(F)F. The van der Waals surface area contributed by atoms with E-state index in [1.54, 1.807) is 18.4 Å². The van der Waals surface area contributed by atoms with Crippen molar-refractivity contribution in [2.75, 3.05) is 13.2 Å². The number of hydrogen-bond donors (Lipinski definition) is 3. The van der Waals surface area contributed by atoms with E-state index in [4.69, 9.17) is 10.5 Å². The maximum atomic E-state index is 14.3. The average Bonchev–Trinajstić information content (AvgIpc) is 3.40. The number of ether oxygens (including phenoxy) is 1. The fraction of sp³-hybridized carbons (Fsp3) is 0.292. The van der Waals surface area contributed by atoms with Gasteiger partial charge < -0.3 is 20.9 Å². The molecule has 36 heavy (non-hydrogen) atoms. The van der Waals surface area contributed by atoms with E-state index in [9.17, 15) is 32.3 Å². The van der Waals surface area contributed by atoms with Crippen LogP contribution in [-0.2, 0) is 15.8 Å². The summed E-state index contributed by atoms with van der Waals surface area (Å²) in [4.78, 5) is 29.0. The van der Waals surface area contributed by atoms with E-state index in [1.165, 1.54) is 19.1 Å². The fourth-order valence-corrected chi connectivity index (χ4v) is 4.67. The number of thiophene rings is 1. The van der Waals surface area contributed by atoms with Crippen molar-refractivity contribution >= 4 is 23.2 Å². The van der Waals surface area contributed by atoms with Gasteiger partial charge in [0.15, 0.2) is 0 Å². The molecule has 0 fully saturated rings. The van der Waals surface area contributed by atoms with Crippen LogP contribution in [0, 0.1) is 12.7 Å². The first kappa shape index (κ1) is 25.6. The molecular formula is C24H21F4N3O4S. The number of nitrogens with zero attached hydrogens (tertiary/aromatic N) is 1. The topological polar surface area (TPSA) is 115 Å². The maximum absolute atomic E-state index is 14.3. The van der Waals surface area contributed by atoms with Gasteiger partial charge in [-0.25, -0.2) is 9.37 Å². The van der Waals surface area contributed by atoms with Crippen molar-refractivity contribution in [3.05, 3.63) is 69.3 Å². The molecule has 2 atom stereocenters. The molecule has 7 nitrogen and oxygen atoms in total. The molecule has 12 heteroatoms. The molecule has 1 unspecified atom stereocenters. The molecule has 0 bridgehead atoms. The van der Waals surface area contributed by atoms with E-state index >= 15 is 0 Å². The largest absolute Gasteiger partial charge is 0.489 e. The molecule has 3 aromatic rings. The highest BCUT2D eigenvalue weighted by Gasteiger charge is 2.57. The van der Waals surface area contributed by atoms with Crippen molar-refractivity contribution in [2.45, 2.75) is 31.0 Å². The summed E-state index contributed by atoms with van der Waals surface area (Å²) in [7, 11) is 0. The minimum absolute atomic E-state index is 0.00516. The summed E-state index contributed by atoms with van der Waals surface area (Å²) in [5.74, 6) is -2.25. The summed E-state index contributed by atoms with van der Waals surface area (Å²) >= 11 is 1.04. The zero-order valence-electron chi connectivity index (χ0n) is 19.1. The number of aliphatic hydroxyl groups is 1. The number of amides is 2. The lowest BCUT2D eigenvalue weighted by Crippen LogP contribution is -2.51. The molecule has 4 N–H and O–H groups in total. The number of carbonyl (C=O) groups is 2. The Bertz CT molecular complexity index is 1340. The smallest absolute Gasteiger partial charge is 0.424 e. The number of halogens is 4. The van der Waals surface area contributed by atoms with Crippen LogP contribution in [0.25, 0.3) is 11.3 Å². The van der Waals surface area contributed by atoms with Gasteiger partial charge in [-0.1, -0.05) is 0 Å². The molecule has 190 valence electrons. The van der Waals surface area contributed by atoms with Crippen LogP contribution in [0.2, 0.25) is 0 Å². The van der Waals surface area contributed by atoms with E-state index in [2.05, 4.69) is 10.3 Å². The summed E-state index contributed by atoms with van der Waals surface area (Å²) in [6.45, 7) is 1.50. The van der Waals surface area contributed by atoms with Crippen LogP contribution in [0.5, 0.6) is 5.75 Å². The minimum Gasteiger partial charge on any atom is -0.489 e. The Hall–Kier alpha value is -3.51. The van der Waals surface area contributed by atoms with E-state index in [0.29, 0.717) is 5.56 Å². The van der Waals surface area contributed by atoms with Crippen LogP contribution in [-0.4, -0.2) is 41.2 Å². The number of nitrogens with one attached hydrogen (secondary N) is 1. The highest BCUT2D eigenvalue weighted by atomic mass is 32.1. The second kappa shape index (κ2) is 8.86. The highest BCUT2D eigenvalue weighted by molar-refractivity contribution is 7.12. The quantitative estimate of drug-likeness (QED) is 0.428. The molecule has 3 heterocycles. The predicted molar refractivity (Wildman–Crippen MR) is 123 cm³/mol. The van der Waals surface area contributed by atoms with Crippen LogP contribution in [0.4, 0.5) is 17.6 Å². The number of rotatable bonds is 6. The van der Waals surface area contributed by atoms with Gasteiger partial charge in [0.05, 0.1) is 17.1 Å². The molecule has 1 aliphatic rings. The second-order valence-electron chi connectivity index (χ2n) is 8.70. The third-order valence-corrected chi connectivity index (χ3v) is 7.22. The van der Waals surface area contributed by atoms with Crippen molar-refractivity contribution in [1.29, 1.82) is 0 Å². The summed E-state index contributed by atoms with van der Waals surface area (Å²) in [6.07, 6.45) is -5.28. The minimum atomic E-state index is -5.28. The normalized spacial score (nSPS) is 18.8. The Kier molecular flexibility index (Phi) is 6.29. The lowest BCUT2D eigenvalue weighted by Gasteiger charge is -2.31. The number of aryl methyl sites for hydroxylation is 1. The molecule has 2 amide bonds. The molecule has 0 saturated heterocycles. The van der Waals surface area contributed by atoms with Gasteiger partial charge in [-0.2, -0.15) is 13.2 Å². The standard InChI is InChI=1S/C24H21F4N3O4S/c1-12-7-8-36-19(12)20(32)30-10-23(34,24(26,27)28)16-9-15-18(35-11-22(15,2)21(29)33)17(31-16)13-3-5-14(25)6-4-13/h3-9,34H,10-11H2,1-2H3,(H2,29,33)(H,30,32)/t22-,23?/m0/s1. The van der Waals surface area contributed by atoms with Crippen molar-refractivity contribution in [2.24, 2.45) is 5.73 Å². The van der Waals surface area contributed by atoms with Gasteiger partial charge in [0.25, 0.3) is 5.91 Å². The number of aromatic nitrogens is 1. The van der Waals surface area contributed by atoms with Gasteiger partial charge in [-0.3, -0.25) is 9.59 Å². The van der Waals surface area contributed by atoms with Crippen molar-refractivity contribution < 1.29 is 37.0 Å².